The van der Waals surface area contributed by atoms with Crippen LogP contribution in [0.3, 0.4) is 0 Å². The summed E-state index contributed by atoms with van der Waals surface area (Å²) >= 11 is 0. The minimum Gasteiger partial charge on any atom is -0.379 e. The average Bonchev–Trinajstić information content (AvgIpc) is 2.41. The Balaban J connectivity index is 1.72. The molecule has 0 amide bonds. The molecule has 0 aliphatic heterocycles. The van der Waals surface area contributed by atoms with E-state index in [0.717, 1.165) is 38.0 Å². The zero-order chi connectivity index (χ0) is 14.4. The Labute approximate surface area is 121 Å². The van der Waals surface area contributed by atoms with Crippen molar-refractivity contribution in [2.75, 3.05) is 13.2 Å². The fraction of sp³-hybridized carbons (Fsp3) is 0.588. The van der Waals surface area contributed by atoms with Gasteiger partial charge in [-0.2, -0.15) is 5.26 Å². The SMILES string of the molecule is CC(C)OCCCNC1CC(C#N)(c2ccccc2)C1. The van der Waals surface area contributed by atoms with Crippen LogP contribution in [-0.4, -0.2) is 25.3 Å². The highest BCUT2D eigenvalue weighted by atomic mass is 16.5. The summed E-state index contributed by atoms with van der Waals surface area (Å²) in [6.45, 7) is 5.88. The number of benzene rings is 1. The Bertz CT molecular complexity index is 444. The van der Waals surface area contributed by atoms with Crippen molar-refractivity contribution >= 4 is 0 Å². The topological polar surface area (TPSA) is 45.0 Å². The predicted octanol–water partition coefficient (Wildman–Crippen LogP) is 3.02. The van der Waals surface area contributed by atoms with Crippen molar-refractivity contribution < 1.29 is 4.74 Å². The summed E-state index contributed by atoms with van der Waals surface area (Å²) in [4.78, 5) is 0. The van der Waals surface area contributed by atoms with Gasteiger partial charge < -0.3 is 10.1 Å². The number of nitrogens with zero attached hydrogens (tertiary/aromatic N) is 1. The van der Waals surface area contributed by atoms with Crippen LogP contribution in [0.2, 0.25) is 0 Å². The van der Waals surface area contributed by atoms with Gasteiger partial charge in [-0.25, -0.2) is 0 Å². The third-order valence-corrected chi connectivity index (χ3v) is 3.94. The van der Waals surface area contributed by atoms with Gasteiger partial charge >= 0.3 is 0 Å². The quantitative estimate of drug-likeness (QED) is 0.776. The molecule has 2 rings (SSSR count). The lowest BCUT2D eigenvalue weighted by Gasteiger charge is -2.43. The van der Waals surface area contributed by atoms with E-state index in [1.807, 2.05) is 18.2 Å². The molecule has 0 atom stereocenters. The van der Waals surface area contributed by atoms with Crippen LogP contribution in [0.15, 0.2) is 30.3 Å². The maximum atomic E-state index is 9.48. The van der Waals surface area contributed by atoms with E-state index in [4.69, 9.17) is 4.74 Å². The van der Waals surface area contributed by atoms with E-state index in [1.54, 1.807) is 0 Å². The van der Waals surface area contributed by atoms with Crippen LogP contribution in [-0.2, 0) is 10.2 Å². The minimum absolute atomic E-state index is 0.270. The van der Waals surface area contributed by atoms with E-state index in [1.165, 1.54) is 0 Å². The monoisotopic (exact) mass is 272 g/mol. The third-order valence-electron chi connectivity index (χ3n) is 3.94. The van der Waals surface area contributed by atoms with Crippen molar-refractivity contribution in [1.82, 2.24) is 5.32 Å². The second-order valence-corrected chi connectivity index (χ2v) is 5.89. The molecule has 1 aromatic rings. The smallest absolute Gasteiger partial charge is 0.0852 e. The number of hydrogen-bond acceptors (Lipinski definition) is 3. The number of nitriles is 1. The largest absolute Gasteiger partial charge is 0.379 e. The third kappa shape index (κ3) is 3.59. The standard InChI is InChI=1S/C17H24N2O/c1-14(2)20-10-6-9-19-16-11-17(12-16,13-18)15-7-4-3-5-8-15/h3-5,7-8,14,16,19H,6,9-12H2,1-2H3. The van der Waals surface area contributed by atoms with E-state index >= 15 is 0 Å². The van der Waals surface area contributed by atoms with Crippen molar-refractivity contribution in [1.29, 1.82) is 5.26 Å². The molecule has 1 saturated carbocycles. The first-order valence-electron chi connectivity index (χ1n) is 7.48. The molecule has 3 heteroatoms. The van der Waals surface area contributed by atoms with Gasteiger partial charge in [0.05, 0.1) is 17.6 Å². The molecule has 1 N–H and O–H groups in total. The maximum absolute atomic E-state index is 9.48. The van der Waals surface area contributed by atoms with E-state index in [0.29, 0.717) is 12.1 Å². The molecular formula is C17H24N2O. The maximum Gasteiger partial charge on any atom is 0.0852 e. The molecule has 0 radical (unpaired) electrons. The fourth-order valence-electron chi connectivity index (χ4n) is 2.77. The first-order chi connectivity index (χ1) is 9.66. The highest BCUT2D eigenvalue weighted by molar-refractivity contribution is 5.36. The molecule has 0 bridgehead atoms. The number of ether oxygens (including phenoxy) is 1. The lowest BCUT2D eigenvalue weighted by molar-refractivity contribution is 0.0755. The van der Waals surface area contributed by atoms with E-state index in [2.05, 4.69) is 37.4 Å². The molecule has 1 aliphatic carbocycles. The van der Waals surface area contributed by atoms with Crippen molar-refractivity contribution in [3.63, 3.8) is 0 Å². The lowest BCUT2D eigenvalue weighted by atomic mass is 9.62. The van der Waals surface area contributed by atoms with Gasteiger partial charge in [0.15, 0.2) is 0 Å². The second kappa shape index (κ2) is 6.88. The number of hydrogen-bond donors (Lipinski definition) is 1. The van der Waals surface area contributed by atoms with Crippen LogP contribution in [0.25, 0.3) is 0 Å². The normalized spacial score (nSPS) is 25.2. The second-order valence-electron chi connectivity index (χ2n) is 5.89. The Morgan fingerprint density at radius 1 is 1.35 bits per heavy atom. The predicted molar refractivity (Wildman–Crippen MR) is 80.5 cm³/mol. The van der Waals surface area contributed by atoms with Gasteiger partial charge in [0.2, 0.25) is 0 Å². The van der Waals surface area contributed by atoms with Crippen molar-refractivity contribution in [2.45, 2.75) is 50.7 Å². The molecule has 1 aromatic carbocycles. The Morgan fingerprint density at radius 2 is 2.05 bits per heavy atom. The van der Waals surface area contributed by atoms with Gasteiger partial charge in [0.1, 0.15) is 0 Å². The number of rotatable bonds is 7. The van der Waals surface area contributed by atoms with Gasteiger partial charge in [-0.3, -0.25) is 0 Å². The summed E-state index contributed by atoms with van der Waals surface area (Å²) in [5, 5.41) is 13.0. The molecule has 20 heavy (non-hydrogen) atoms. The Kier molecular flexibility index (Phi) is 5.17. The molecular weight excluding hydrogens is 248 g/mol. The summed E-state index contributed by atoms with van der Waals surface area (Å²) < 4.78 is 5.51. The number of nitrogens with one attached hydrogen (secondary N) is 1. The molecule has 108 valence electrons. The van der Waals surface area contributed by atoms with Gasteiger partial charge in [0.25, 0.3) is 0 Å². The van der Waals surface area contributed by atoms with Gasteiger partial charge in [0, 0.05) is 12.6 Å². The molecule has 1 aliphatic rings. The molecule has 1 fully saturated rings. The molecule has 0 aromatic heterocycles. The van der Waals surface area contributed by atoms with Gasteiger partial charge in [-0.05, 0) is 45.2 Å². The van der Waals surface area contributed by atoms with E-state index < -0.39 is 0 Å². The average molecular weight is 272 g/mol. The summed E-state index contributed by atoms with van der Waals surface area (Å²) in [5.74, 6) is 0. The minimum atomic E-state index is -0.270. The van der Waals surface area contributed by atoms with Crippen LogP contribution in [0.5, 0.6) is 0 Å². The zero-order valence-electron chi connectivity index (χ0n) is 12.4. The molecule has 0 unspecified atom stereocenters. The van der Waals surface area contributed by atoms with Crippen LogP contribution < -0.4 is 5.32 Å². The summed E-state index contributed by atoms with van der Waals surface area (Å²) in [6.07, 6.45) is 3.17. The highest BCUT2D eigenvalue weighted by Gasteiger charge is 2.45. The van der Waals surface area contributed by atoms with Gasteiger partial charge in [-0.1, -0.05) is 30.3 Å². The van der Waals surface area contributed by atoms with Crippen LogP contribution in [0, 0.1) is 11.3 Å². The summed E-state index contributed by atoms with van der Waals surface area (Å²) in [7, 11) is 0. The first kappa shape index (κ1) is 15.0. The molecule has 0 spiro atoms. The fourth-order valence-corrected chi connectivity index (χ4v) is 2.77. The van der Waals surface area contributed by atoms with Crippen LogP contribution in [0.4, 0.5) is 0 Å². The van der Waals surface area contributed by atoms with Crippen molar-refractivity contribution in [2.24, 2.45) is 0 Å². The van der Waals surface area contributed by atoms with Gasteiger partial charge in [-0.15, -0.1) is 0 Å². The van der Waals surface area contributed by atoms with Crippen LogP contribution in [0.1, 0.15) is 38.7 Å². The summed E-state index contributed by atoms with van der Waals surface area (Å²) in [5.41, 5.74) is 0.886. The molecule has 3 nitrogen and oxygen atoms in total. The molecule has 0 saturated heterocycles. The zero-order valence-corrected chi connectivity index (χ0v) is 12.4. The van der Waals surface area contributed by atoms with Crippen LogP contribution >= 0.6 is 0 Å². The summed E-state index contributed by atoms with van der Waals surface area (Å²) in [6, 6.07) is 13.1. The van der Waals surface area contributed by atoms with Crippen molar-refractivity contribution in [3.8, 4) is 6.07 Å². The Hall–Kier alpha value is -1.37. The Morgan fingerprint density at radius 3 is 2.65 bits per heavy atom. The highest BCUT2D eigenvalue weighted by Crippen LogP contribution is 2.43. The van der Waals surface area contributed by atoms with Crippen molar-refractivity contribution in [3.05, 3.63) is 35.9 Å². The first-order valence-corrected chi connectivity index (χ1v) is 7.48. The molecule has 0 heterocycles. The van der Waals surface area contributed by atoms with E-state index in [-0.39, 0.29) is 5.41 Å². The van der Waals surface area contributed by atoms with E-state index in [9.17, 15) is 5.26 Å². The lowest BCUT2D eigenvalue weighted by Crippen LogP contribution is -2.51.